The van der Waals surface area contributed by atoms with E-state index in [0.29, 0.717) is 16.3 Å². The van der Waals surface area contributed by atoms with E-state index < -0.39 is 0 Å². The molecular formula is C8H7ClN2O. The van der Waals surface area contributed by atoms with Crippen LogP contribution in [0.3, 0.4) is 0 Å². The molecule has 2 rings (SSSR count). The smallest absolute Gasteiger partial charge is 0.203 e. The highest BCUT2D eigenvalue weighted by Crippen LogP contribution is 2.25. The van der Waals surface area contributed by atoms with Gasteiger partial charge in [-0.2, -0.15) is 0 Å². The standard InChI is InChI=1S/C8H7ClN2O/c1-11-7-5(10-8(11)9)3-2-4-6(7)12/h2-4,12H,1H3. The van der Waals surface area contributed by atoms with Crippen LogP contribution in [0.1, 0.15) is 0 Å². The molecule has 0 atom stereocenters. The number of rotatable bonds is 0. The number of para-hydroxylation sites is 1. The SMILES string of the molecule is Cn1c(Cl)nc2cccc(O)c21. The maximum atomic E-state index is 9.45. The van der Waals surface area contributed by atoms with Gasteiger partial charge in [0.2, 0.25) is 5.28 Å². The Hall–Kier alpha value is -1.22. The van der Waals surface area contributed by atoms with Gasteiger partial charge in [-0.1, -0.05) is 6.07 Å². The lowest BCUT2D eigenvalue weighted by atomic mass is 10.3. The third kappa shape index (κ3) is 0.865. The number of hydrogen-bond donors (Lipinski definition) is 1. The second kappa shape index (κ2) is 2.38. The van der Waals surface area contributed by atoms with E-state index in [1.165, 1.54) is 0 Å². The summed E-state index contributed by atoms with van der Waals surface area (Å²) < 4.78 is 1.65. The molecule has 0 fully saturated rings. The summed E-state index contributed by atoms with van der Waals surface area (Å²) in [6.07, 6.45) is 0. The van der Waals surface area contributed by atoms with Crippen LogP contribution in [0.4, 0.5) is 0 Å². The van der Waals surface area contributed by atoms with Crippen molar-refractivity contribution in [2.24, 2.45) is 7.05 Å². The van der Waals surface area contributed by atoms with Gasteiger partial charge in [-0.25, -0.2) is 4.98 Å². The fraction of sp³-hybridized carbons (Fsp3) is 0.125. The van der Waals surface area contributed by atoms with Crippen molar-refractivity contribution in [1.82, 2.24) is 9.55 Å². The molecule has 1 aromatic carbocycles. The zero-order valence-electron chi connectivity index (χ0n) is 6.45. The monoisotopic (exact) mass is 182 g/mol. The van der Waals surface area contributed by atoms with E-state index in [1.54, 1.807) is 29.8 Å². The van der Waals surface area contributed by atoms with E-state index in [-0.39, 0.29) is 5.75 Å². The van der Waals surface area contributed by atoms with Gasteiger partial charge >= 0.3 is 0 Å². The molecule has 62 valence electrons. The number of phenolic OH excluding ortho intramolecular Hbond substituents is 1. The van der Waals surface area contributed by atoms with Gasteiger partial charge in [0.15, 0.2) is 0 Å². The maximum Gasteiger partial charge on any atom is 0.203 e. The molecule has 0 spiro atoms. The minimum absolute atomic E-state index is 0.203. The predicted octanol–water partition coefficient (Wildman–Crippen LogP) is 1.93. The Morgan fingerprint density at radius 3 is 2.92 bits per heavy atom. The van der Waals surface area contributed by atoms with E-state index in [0.717, 1.165) is 0 Å². The molecular weight excluding hydrogens is 176 g/mol. The van der Waals surface area contributed by atoms with Gasteiger partial charge < -0.3 is 9.67 Å². The molecule has 12 heavy (non-hydrogen) atoms. The third-order valence-corrected chi connectivity index (χ3v) is 2.16. The summed E-state index contributed by atoms with van der Waals surface area (Å²) in [4.78, 5) is 4.04. The lowest BCUT2D eigenvalue weighted by Crippen LogP contribution is -1.86. The number of phenols is 1. The quantitative estimate of drug-likeness (QED) is 0.676. The van der Waals surface area contributed by atoms with E-state index in [4.69, 9.17) is 11.6 Å². The van der Waals surface area contributed by atoms with Crippen LogP contribution in [0.15, 0.2) is 18.2 Å². The molecule has 1 aromatic heterocycles. The molecule has 0 aliphatic carbocycles. The normalized spacial score (nSPS) is 10.8. The zero-order valence-corrected chi connectivity index (χ0v) is 7.21. The molecule has 0 aliphatic heterocycles. The zero-order chi connectivity index (χ0) is 8.72. The number of aryl methyl sites for hydroxylation is 1. The molecule has 0 saturated carbocycles. The fourth-order valence-corrected chi connectivity index (χ4v) is 1.40. The largest absolute Gasteiger partial charge is 0.506 e. The van der Waals surface area contributed by atoms with Crippen LogP contribution in [-0.4, -0.2) is 14.7 Å². The number of benzene rings is 1. The van der Waals surface area contributed by atoms with E-state index in [1.807, 2.05) is 0 Å². The highest BCUT2D eigenvalue weighted by atomic mass is 35.5. The molecule has 0 saturated heterocycles. The third-order valence-electron chi connectivity index (χ3n) is 1.82. The molecule has 0 amide bonds. The number of halogens is 1. The molecule has 0 bridgehead atoms. The maximum absolute atomic E-state index is 9.45. The van der Waals surface area contributed by atoms with Crippen LogP contribution >= 0.6 is 11.6 Å². The first kappa shape index (κ1) is 7.43. The number of nitrogens with zero attached hydrogens (tertiary/aromatic N) is 2. The highest BCUT2D eigenvalue weighted by molar-refractivity contribution is 6.29. The second-order valence-corrected chi connectivity index (χ2v) is 2.92. The molecule has 4 heteroatoms. The van der Waals surface area contributed by atoms with Gasteiger partial charge in [0.1, 0.15) is 11.3 Å². The van der Waals surface area contributed by atoms with Crippen LogP contribution in [0.2, 0.25) is 5.28 Å². The van der Waals surface area contributed by atoms with Crippen molar-refractivity contribution in [1.29, 1.82) is 0 Å². The summed E-state index contributed by atoms with van der Waals surface area (Å²) in [5.41, 5.74) is 1.38. The van der Waals surface area contributed by atoms with Crippen molar-refractivity contribution in [3.63, 3.8) is 0 Å². The van der Waals surface area contributed by atoms with Crippen molar-refractivity contribution in [3.8, 4) is 5.75 Å². The van der Waals surface area contributed by atoms with Crippen molar-refractivity contribution < 1.29 is 5.11 Å². The number of aromatic nitrogens is 2. The van der Waals surface area contributed by atoms with Gasteiger partial charge in [0.05, 0.1) is 5.52 Å². The molecule has 2 aromatic rings. The minimum Gasteiger partial charge on any atom is -0.506 e. The summed E-state index contributed by atoms with van der Waals surface area (Å²) >= 11 is 5.76. The summed E-state index contributed by atoms with van der Waals surface area (Å²) in [5, 5.41) is 9.83. The Kier molecular flexibility index (Phi) is 1.48. The van der Waals surface area contributed by atoms with Crippen molar-refractivity contribution in [2.45, 2.75) is 0 Å². The summed E-state index contributed by atoms with van der Waals surface area (Å²) in [7, 11) is 1.76. The van der Waals surface area contributed by atoms with Crippen molar-refractivity contribution >= 4 is 22.6 Å². The number of hydrogen-bond acceptors (Lipinski definition) is 2. The topological polar surface area (TPSA) is 38.0 Å². The van der Waals surface area contributed by atoms with Gasteiger partial charge in [-0.15, -0.1) is 0 Å². The molecule has 3 nitrogen and oxygen atoms in total. The highest BCUT2D eigenvalue weighted by Gasteiger charge is 2.07. The minimum atomic E-state index is 0.203. The lowest BCUT2D eigenvalue weighted by Gasteiger charge is -1.96. The Morgan fingerprint density at radius 2 is 2.25 bits per heavy atom. The molecule has 0 aliphatic rings. The van der Waals surface area contributed by atoms with E-state index >= 15 is 0 Å². The lowest BCUT2D eigenvalue weighted by molar-refractivity contribution is 0.479. The Labute approximate surface area is 74.2 Å². The van der Waals surface area contributed by atoms with Gasteiger partial charge in [0.25, 0.3) is 0 Å². The van der Waals surface area contributed by atoms with E-state index in [2.05, 4.69) is 4.98 Å². The first-order valence-electron chi connectivity index (χ1n) is 3.50. The van der Waals surface area contributed by atoms with Crippen LogP contribution in [-0.2, 0) is 7.05 Å². The summed E-state index contributed by atoms with van der Waals surface area (Å²) in [5.74, 6) is 0.203. The number of aromatic hydroxyl groups is 1. The number of imidazole rings is 1. The molecule has 0 unspecified atom stereocenters. The molecule has 1 N–H and O–H groups in total. The average molecular weight is 183 g/mol. The summed E-state index contributed by atoms with van der Waals surface area (Å²) in [6, 6.07) is 5.16. The van der Waals surface area contributed by atoms with Crippen LogP contribution in [0.5, 0.6) is 5.75 Å². The Balaban J connectivity index is 2.97. The van der Waals surface area contributed by atoms with Gasteiger partial charge in [-0.3, -0.25) is 0 Å². The Morgan fingerprint density at radius 1 is 1.50 bits per heavy atom. The first-order valence-corrected chi connectivity index (χ1v) is 3.88. The fourth-order valence-electron chi connectivity index (χ4n) is 1.22. The summed E-state index contributed by atoms with van der Waals surface area (Å²) in [6.45, 7) is 0. The van der Waals surface area contributed by atoms with Crippen LogP contribution in [0.25, 0.3) is 11.0 Å². The predicted molar refractivity (Wildman–Crippen MR) is 47.4 cm³/mol. The Bertz CT molecular complexity index is 436. The molecule has 0 radical (unpaired) electrons. The van der Waals surface area contributed by atoms with Crippen molar-refractivity contribution in [3.05, 3.63) is 23.5 Å². The second-order valence-electron chi connectivity index (χ2n) is 2.58. The van der Waals surface area contributed by atoms with Crippen LogP contribution < -0.4 is 0 Å². The van der Waals surface area contributed by atoms with Crippen LogP contribution in [0, 0.1) is 0 Å². The van der Waals surface area contributed by atoms with Gasteiger partial charge in [-0.05, 0) is 23.7 Å². The molecule has 1 heterocycles. The average Bonchev–Trinajstić information content (AvgIpc) is 2.29. The van der Waals surface area contributed by atoms with E-state index in [9.17, 15) is 5.11 Å². The van der Waals surface area contributed by atoms with Gasteiger partial charge in [0, 0.05) is 7.05 Å². The first-order chi connectivity index (χ1) is 5.70. The number of fused-ring (bicyclic) bond motifs is 1. The van der Waals surface area contributed by atoms with Crippen molar-refractivity contribution in [2.75, 3.05) is 0 Å².